The molecule has 0 bridgehead atoms. The van der Waals surface area contributed by atoms with Crippen LogP contribution in [-0.2, 0) is 4.74 Å². The average molecular weight is 275 g/mol. The summed E-state index contributed by atoms with van der Waals surface area (Å²) in [4.78, 5) is 14.7. The van der Waals surface area contributed by atoms with Gasteiger partial charge in [0.15, 0.2) is 0 Å². The van der Waals surface area contributed by atoms with Crippen LogP contribution in [-0.4, -0.2) is 30.2 Å². The number of nitro groups is 1. The van der Waals surface area contributed by atoms with Gasteiger partial charge in [0.05, 0.1) is 11.5 Å². The molecule has 0 saturated heterocycles. The zero-order chi connectivity index (χ0) is 14.5. The number of ether oxygens (including phenoxy) is 1. The second kappa shape index (κ2) is 6.29. The average Bonchev–Trinajstić information content (AvgIpc) is 2.44. The first kappa shape index (κ1) is 14.2. The summed E-state index contributed by atoms with van der Waals surface area (Å²) >= 11 is 0. The number of rotatable bonds is 6. The predicted molar refractivity (Wildman–Crippen MR) is 77.9 cm³/mol. The van der Waals surface area contributed by atoms with Crippen LogP contribution in [0.2, 0.25) is 0 Å². The third kappa shape index (κ3) is 3.03. The van der Waals surface area contributed by atoms with Crippen molar-refractivity contribution >= 4 is 22.3 Å². The van der Waals surface area contributed by atoms with Gasteiger partial charge >= 0.3 is 0 Å². The van der Waals surface area contributed by atoms with Crippen molar-refractivity contribution in [3.05, 3.63) is 40.6 Å². The molecule has 20 heavy (non-hydrogen) atoms. The first-order valence-corrected chi connectivity index (χ1v) is 6.38. The molecule has 0 radical (unpaired) electrons. The van der Waals surface area contributed by atoms with Gasteiger partial charge in [-0.3, -0.25) is 10.1 Å². The monoisotopic (exact) mass is 275 g/mol. The molecular formula is C14H17N3O3. The van der Waals surface area contributed by atoms with Crippen molar-refractivity contribution in [2.24, 2.45) is 5.92 Å². The molecule has 1 aromatic heterocycles. The summed E-state index contributed by atoms with van der Waals surface area (Å²) in [6.07, 6.45) is 1.58. The topological polar surface area (TPSA) is 77.3 Å². The number of nitrogens with one attached hydrogen (secondary N) is 1. The largest absolute Gasteiger partial charge is 0.384 e. The summed E-state index contributed by atoms with van der Waals surface area (Å²) in [6.45, 7) is 3.47. The van der Waals surface area contributed by atoms with Gasteiger partial charge in [-0.15, -0.1) is 0 Å². The SMILES string of the molecule is COCC(C)CNc1ccnc2c([N+](=O)[O-])cccc12. The van der Waals surface area contributed by atoms with Gasteiger partial charge in [-0.05, 0) is 12.0 Å². The number of methoxy groups -OCH3 is 1. The van der Waals surface area contributed by atoms with Crippen LogP contribution in [0.1, 0.15) is 6.92 Å². The van der Waals surface area contributed by atoms with Crippen LogP contribution in [0, 0.1) is 16.0 Å². The van der Waals surface area contributed by atoms with Crippen LogP contribution in [0.15, 0.2) is 30.5 Å². The smallest absolute Gasteiger partial charge is 0.295 e. The summed E-state index contributed by atoms with van der Waals surface area (Å²) in [6, 6.07) is 6.79. The van der Waals surface area contributed by atoms with Crippen LogP contribution in [0.25, 0.3) is 10.9 Å². The van der Waals surface area contributed by atoms with Crippen molar-refractivity contribution in [1.29, 1.82) is 0 Å². The van der Waals surface area contributed by atoms with Gasteiger partial charge in [0.25, 0.3) is 5.69 Å². The maximum absolute atomic E-state index is 11.0. The van der Waals surface area contributed by atoms with Gasteiger partial charge in [-0.2, -0.15) is 0 Å². The summed E-state index contributed by atoms with van der Waals surface area (Å²) in [5.74, 6) is 0.349. The second-order valence-corrected chi connectivity index (χ2v) is 4.73. The third-order valence-corrected chi connectivity index (χ3v) is 3.04. The molecule has 0 spiro atoms. The van der Waals surface area contributed by atoms with Crippen molar-refractivity contribution in [2.75, 3.05) is 25.6 Å². The highest BCUT2D eigenvalue weighted by molar-refractivity contribution is 5.96. The van der Waals surface area contributed by atoms with Gasteiger partial charge in [0, 0.05) is 37.0 Å². The molecule has 1 heterocycles. The Morgan fingerprint density at radius 1 is 1.45 bits per heavy atom. The van der Waals surface area contributed by atoms with E-state index in [2.05, 4.69) is 17.2 Å². The minimum Gasteiger partial charge on any atom is -0.384 e. The maximum Gasteiger partial charge on any atom is 0.295 e. The summed E-state index contributed by atoms with van der Waals surface area (Å²) in [7, 11) is 1.67. The van der Waals surface area contributed by atoms with E-state index in [1.54, 1.807) is 19.4 Å². The number of para-hydroxylation sites is 1. The number of fused-ring (bicyclic) bond motifs is 1. The Labute approximate surface area is 116 Å². The highest BCUT2D eigenvalue weighted by Gasteiger charge is 2.14. The highest BCUT2D eigenvalue weighted by Crippen LogP contribution is 2.28. The van der Waals surface area contributed by atoms with Crippen LogP contribution in [0.5, 0.6) is 0 Å². The molecule has 1 unspecified atom stereocenters. The van der Waals surface area contributed by atoms with E-state index in [0.717, 1.165) is 17.6 Å². The Morgan fingerprint density at radius 3 is 2.95 bits per heavy atom. The number of hydrogen-bond donors (Lipinski definition) is 1. The molecule has 0 aliphatic heterocycles. The molecule has 6 nitrogen and oxygen atoms in total. The Kier molecular flexibility index (Phi) is 4.47. The van der Waals surface area contributed by atoms with E-state index in [9.17, 15) is 10.1 Å². The second-order valence-electron chi connectivity index (χ2n) is 4.73. The molecule has 2 aromatic rings. The first-order chi connectivity index (χ1) is 9.63. The van der Waals surface area contributed by atoms with E-state index < -0.39 is 4.92 Å². The fourth-order valence-corrected chi connectivity index (χ4v) is 2.09. The number of benzene rings is 1. The summed E-state index contributed by atoms with van der Waals surface area (Å²) in [5, 5.41) is 15.1. The molecule has 6 heteroatoms. The summed E-state index contributed by atoms with van der Waals surface area (Å²) < 4.78 is 5.09. The Bertz CT molecular complexity index is 616. The highest BCUT2D eigenvalue weighted by atomic mass is 16.6. The third-order valence-electron chi connectivity index (χ3n) is 3.04. The molecule has 0 saturated carbocycles. The predicted octanol–water partition coefficient (Wildman–Crippen LogP) is 2.84. The van der Waals surface area contributed by atoms with E-state index in [1.807, 2.05) is 12.1 Å². The molecule has 1 aromatic carbocycles. The molecule has 106 valence electrons. The Hall–Kier alpha value is -2.21. The number of pyridine rings is 1. The van der Waals surface area contributed by atoms with Crippen molar-refractivity contribution < 1.29 is 9.66 Å². The molecule has 0 aliphatic carbocycles. The molecule has 1 atom stereocenters. The lowest BCUT2D eigenvalue weighted by Gasteiger charge is -2.14. The van der Waals surface area contributed by atoms with Crippen LogP contribution in [0.3, 0.4) is 0 Å². The van der Waals surface area contributed by atoms with E-state index in [-0.39, 0.29) is 5.69 Å². The van der Waals surface area contributed by atoms with Crippen LogP contribution >= 0.6 is 0 Å². The number of aromatic nitrogens is 1. The number of nitro benzene ring substituents is 1. The van der Waals surface area contributed by atoms with Crippen molar-refractivity contribution in [2.45, 2.75) is 6.92 Å². The van der Waals surface area contributed by atoms with E-state index in [0.29, 0.717) is 18.0 Å². The minimum atomic E-state index is -0.410. The fraction of sp³-hybridized carbons (Fsp3) is 0.357. The van der Waals surface area contributed by atoms with Gasteiger partial charge in [0.2, 0.25) is 0 Å². The van der Waals surface area contributed by atoms with Crippen LogP contribution in [0.4, 0.5) is 11.4 Å². The molecule has 0 amide bonds. The number of hydrogen-bond acceptors (Lipinski definition) is 5. The first-order valence-electron chi connectivity index (χ1n) is 6.38. The molecule has 1 N–H and O–H groups in total. The van der Waals surface area contributed by atoms with Gasteiger partial charge < -0.3 is 10.1 Å². The molecule has 0 aliphatic rings. The maximum atomic E-state index is 11.0. The Morgan fingerprint density at radius 2 is 2.25 bits per heavy atom. The zero-order valence-electron chi connectivity index (χ0n) is 11.5. The standard InChI is InChI=1S/C14H17N3O3/c1-10(9-20-2)8-16-12-6-7-15-14-11(12)4-3-5-13(14)17(18)19/h3-7,10H,8-9H2,1-2H3,(H,15,16). The molecule has 0 fully saturated rings. The number of nitrogens with zero attached hydrogens (tertiary/aromatic N) is 2. The van der Waals surface area contributed by atoms with E-state index in [4.69, 9.17) is 4.74 Å². The molecule has 2 rings (SSSR count). The number of non-ortho nitro benzene ring substituents is 1. The van der Waals surface area contributed by atoms with Crippen molar-refractivity contribution in [3.63, 3.8) is 0 Å². The fourth-order valence-electron chi connectivity index (χ4n) is 2.09. The quantitative estimate of drug-likeness (QED) is 0.648. The minimum absolute atomic E-state index is 0.0242. The number of anilines is 1. The van der Waals surface area contributed by atoms with Gasteiger partial charge in [0.1, 0.15) is 5.52 Å². The van der Waals surface area contributed by atoms with Crippen molar-refractivity contribution in [3.8, 4) is 0 Å². The summed E-state index contributed by atoms with van der Waals surface area (Å²) in [5.41, 5.74) is 1.28. The Balaban J connectivity index is 2.31. The zero-order valence-corrected chi connectivity index (χ0v) is 11.5. The van der Waals surface area contributed by atoms with Gasteiger partial charge in [-0.1, -0.05) is 19.1 Å². The lowest BCUT2D eigenvalue weighted by atomic mass is 10.1. The lowest BCUT2D eigenvalue weighted by Crippen LogP contribution is -2.16. The lowest BCUT2D eigenvalue weighted by molar-refractivity contribution is -0.383. The normalized spacial score (nSPS) is 12.3. The molecular weight excluding hydrogens is 258 g/mol. The van der Waals surface area contributed by atoms with Crippen molar-refractivity contribution in [1.82, 2.24) is 4.98 Å². The van der Waals surface area contributed by atoms with E-state index >= 15 is 0 Å². The van der Waals surface area contributed by atoms with E-state index in [1.165, 1.54) is 6.07 Å². The van der Waals surface area contributed by atoms with Gasteiger partial charge in [-0.25, -0.2) is 4.98 Å². The van der Waals surface area contributed by atoms with Crippen LogP contribution < -0.4 is 5.32 Å².